The van der Waals surface area contributed by atoms with Gasteiger partial charge in [-0.2, -0.15) is 0 Å². The lowest BCUT2D eigenvalue weighted by Crippen LogP contribution is -2.13. The Hall–Kier alpha value is -1.42. The lowest BCUT2D eigenvalue weighted by molar-refractivity contribution is 0.354. The van der Waals surface area contributed by atoms with Crippen molar-refractivity contribution < 1.29 is 9.47 Å². The fourth-order valence-corrected chi connectivity index (χ4v) is 2.19. The van der Waals surface area contributed by atoms with Gasteiger partial charge in [0.25, 0.3) is 0 Å². The number of methoxy groups -OCH3 is 2. The SMILES string of the molecule is COc1cc(Cl)c(CNCc2ccccc2)cc1OC.Cl. The predicted octanol–water partition coefficient (Wildman–Crippen LogP) is 4.07. The van der Waals surface area contributed by atoms with E-state index in [9.17, 15) is 0 Å². The van der Waals surface area contributed by atoms with Crippen molar-refractivity contribution >= 4 is 24.0 Å². The number of hydrogen-bond acceptors (Lipinski definition) is 3. The van der Waals surface area contributed by atoms with Crippen molar-refractivity contribution in [3.63, 3.8) is 0 Å². The van der Waals surface area contributed by atoms with Crippen LogP contribution in [0.3, 0.4) is 0 Å². The molecule has 1 N–H and O–H groups in total. The number of nitrogens with one attached hydrogen (secondary N) is 1. The Morgan fingerprint density at radius 1 is 0.952 bits per heavy atom. The molecule has 5 heteroatoms. The zero-order chi connectivity index (χ0) is 14.4. The summed E-state index contributed by atoms with van der Waals surface area (Å²) in [7, 11) is 3.22. The van der Waals surface area contributed by atoms with Crippen LogP contribution in [0.4, 0.5) is 0 Å². The first-order chi connectivity index (χ1) is 9.74. The minimum Gasteiger partial charge on any atom is -0.493 e. The van der Waals surface area contributed by atoms with Gasteiger partial charge in [-0.05, 0) is 17.2 Å². The number of hydrogen-bond donors (Lipinski definition) is 1. The zero-order valence-corrected chi connectivity index (χ0v) is 13.6. The third-order valence-corrected chi connectivity index (χ3v) is 3.39. The van der Waals surface area contributed by atoms with Gasteiger partial charge in [-0.3, -0.25) is 0 Å². The van der Waals surface area contributed by atoms with Crippen molar-refractivity contribution in [3.05, 3.63) is 58.6 Å². The molecular weight excluding hydrogens is 309 g/mol. The van der Waals surface area contributed by atoms with Gasteiger partial charge in [-0.25, -0.2) is 0 Å². The van der Waals surface area contributed by atoms with E-state index in [1.54, 1.807) is 20.3 Å². The van der Waals surface area contributed by atoms with Crippen LogP contribution in [-0.4, -0.2) is 14.2 Å². The van der Waals surface area contributed by atoms with Crippen molar-refractivity contribution in [1.29, 1.82) is 0 Å². The van der Waals surface area contributed by atoms with Crippen molar-refractivity contribution in [1.82, 2.24) is 5.32 Å². The van der Waals surface area contributed by atoms with Crippen molar-refractivity contribution in [3.8, 4) is 11.5 Å². The molecule has 0 spiro atoms. The highest BCUT2D eigenvalue weighted by Gasteiger charge is 2.09. The maximum absolute atomic E-state index is 6.24. The van der Waals surface area contributed by atoms with Crippen LogP contribution in [0.2, 0.25) is 5.02 Å². The number of benzene rings is 2. The fraction of sp³-hybridized carbons (Fsp3) is 0.250. The zero-order valence-electron chi connectivity index (χ0n) is 12.1. The molecule has 0 heterocycles. The Bertz CT molecular complexity index is 562. The van der Waals surface area contributed by atoms with Crippen LogP contribution < -0.4 is 14.8 Å². The minimum atomic E-state index is 0. The van der Waals surface area contributed by atoms with E-state index in [-0.39, 0.29) is 12.4 Å². The highest BCUT2D eigenvalue weighted by Crippen LogP contribution is 2.32. The molecular formula is C16H19Cl2NO2. The molecule has 114 valence electrons. The summed E-state index contributed by atoms with van der Waals surface area (Å²) in [6, 6.07) is 13.9. The molecule has 0 radical (unpaired) electrons. The highest BCUT2D eigenvalue weighted by molar-refractivity contribution is 6.31. The van der Waals surface area contributed by atoms with E-state index in [1.165, 1.54) is 5.56 Å². The molecule has 0 saturated heterocycles. The standard InChI is InChI=1S/C16H18ClNO2.ClH/c1-19-15-8-13(14(17)9-16(15)20-2)11-18-10-12-6-4-3-5-7-12;/h3-9,18H,10-11H2,1-2H3;1H. The number of halogens is 2. The van der Waals surface area contributed by atoms with E-state index < -0.39 is 0 Å². The lowest BCUT2D eigenvalue weighted by Gasteiger charge is -2.12. The Kier molecular flexibility index (Phi) is 7.37. The quantitative estimate of drug-likeness (QED) is 0.867. The van der Waals surface area contributed by atoms with E-state index >= 15 is 0 Å². The first-order valence-corrected chi connectivity index (χ1v) is 6.77. The highest BCUT2D eigenvalue weighted by atomic mass is 35.5. The third kappa shape index (κ3) is 4.81. The van der Waals surface area contributed by atoms with Crippen molar-refractivity contribution in [2.24, 2.45) is 0 Å². The summed E-state index contributed by atoms with van der Waals surface area (Å²) in [6.07, 6.45) is 0. The molecule has 2 aromatic rings. The van der Waals surface area contributed by atoms with Crippen LogP contribution in [0.15, 0.2) is 42.5 Å². The summed E-state index contributed by atoms with van der Waals surface area (Å²) in [6.45, 7) is 1.47. The average Bonchev–Trinajstić information content (AvgIpc) is 2.49. The normalized spacial score (nSPS) is 9.86. The van der Waals surface area contributed by atoms with Crippen LogP contribution in [0, 0.1) is 0 Å². The molecule has 0 aliphatic heterocycles. The molecule has 0 aliphatic rings. The van der Waals surface area contributed by atoms with Crippen LogP contribution >= 0.6 is 24.0 Å². The van der Waals surface area contributed by atoms with E-state index in [0.29, 0.717) is 23.1 Å². The van der Waals surface area contributed by atoms with Crippen LogP contribution in [0.5, 0.6) is 11.5 Å². The summed E-state index contributed by atoms with van der Waals surface area (Å²) in [5.41, 5.74) is 2.23. The smallest absolute Gasteiger partial charge is 0.162 e. The molecule has 2 rings (SSSR count). The summed E-state index contributed by atoms with van der Waals surface area (Å²) >= 11 is 6.24. The van der Waals surface area contributed by atoms with Gasteiger partial charge in [-0.1, -0.05) is 41.9 Å². The van der Waals surface area contributed by atoms with Gasteiger partial charge in [0.2, 0.25) is 0 Å². The number of rotatable bonds is 6. The first kappa shape index (κ1) is 17.6. The van der Waals surface area contributed by atoms with E-state index in [2.05, 4.69) is 17.4 Å². The molecule has 2 aromatic carbocycles. The van der Waals surface area contributed by atoms with Gasteiger partial charge < -0.3 is 14.8 Å². The van der Waals surface area contributed by atoms with Crippen LogP contribution in [-0.2, 0) is 13.1 Å². The van der Waals surface area contributed by atoms with E-state index in [4.69, 9.17) is 21.1 Å². The van der Waals surface area contributed by atoms with E-state index in [1.807, 2.05) is 24.3 Å². The van der Waals surface area contributed by atoms with Gasteiger partial charge in [0.05, 0.1) is 14.2 Å². The maximum Gasteiger partial charge on any atom is 0.162 e. The maximum atomic E-state index is 6.24. The topological polar surface area (TPSA) is 30.5 Å². The van der Waals surface area contributed by atoms with Crippen molar-refractivity contribution in [2.75, 3.05) is 14.2 Å². The summed E-state index contributed by atoms with van der Waals surface area (Å²) in [4.78, 5) is 0. The van der Waals surface area contributed by atoms with Crippen LogP contribution in [0.25, 0.3) is 0 Å². The van der Waals surface area contributed by atoms with Crippen LogP contribution in [0.1, 0.15) is 11.1 Å². The summed E-state index contributed by atoms with van der Waals surface area (Å²) in [5.74, 6) is 1.33. The average molecular weight is 328 g/mol. The van der Waals surface area contributed by atoms with E-state index in [0.717, 1.165) is 12.1 Å². The van der Waals surface area contributed by atoms with Gasteiger partial charge in [-0.15, -0.1) is 12.4 Å². The lowest BCUT2D eigenvalue weighted by atomic mass is 10.2. The second-order valence-electron chi connectivity index (χ2n) is 4.39. The summed E-state index contributed by atoms with van der Waals surface area (Å²) in [5, 5.41) is 4.04. The monoisotopic (exact) mass is 327 g/mol. The molecule has 21 heavy (non-hydrogen) atoms. The molecule has 3 nitrogen and oxygen atoms in total. The van der Waals surface area contributed by atoms with Gasteiger partial charge in [0.1, 0.15) is 0 Å². The Labute approximate surface area is 136 Å². The molecule has 0 atom stereocenters. The largest absolute Gasteiger partial charge is 0.493 e. The Morgan fingerprint density at radius 3 is 2.19 bits per heavy atom. The molecule has 0 bridgehead atoms. The molecule has 0 aromatic heterocycles. The second kappa shape index (κ2) is 8.78. The molecule has 0 saturated carbocycles. The Balaban J connectivity index is 0.00000220. The summed E-state index contributed by atoms with van der Waals surface area (Å²) < 4.78 is 10.5. The van der Waals surface area contributed by atoms with Gasteiger partial charge in [0.15, 0.2) is 11.5 Å². The molecule has 0 fully saturated rings. The Morgan fingerprint density at radius 2 is 1.57 bits per heavy atom. The first-order valence-electron chi connectivity index (χ1n) is 6.39. The second-order valence-corrected chi connectivity index (χ2v) is 4.79. The molecule has 0 amide bonds. The number of ether oxygens (including phenoxy) is 2. The predicted molar refractivity (Wildman–Crippen MR) is 88.8 cm³/mol. The fourth-order valence-electron chi connectivity index (χ4n) is 1.97. The minimum absolute atomic E-state index is 0. The van der Waals surface area contributed by atoms with Gasteiger partial charge >= 0.3 is 0 Å². The molecule has 0 aliphatic carbocycles. The third-order valence-electron chi connectivity index (χ3n) is 3.04. The molecule has 0 unspecified atom stereocenters. The van der Waals surface area contributed by atoms with Crippen molar-refractivity contribution in [2.45, 2.75) is 13.1 Å². The van der Waals surface area contributed by atoms with Gasteiger partial charge in [0, 0.05) is 24.2 Å².